The summed E-state index contributed by atoms with van der Waals surface area (Å²) in [6.07, 6.45) is 8.50. The number of hydrogen-bond acceptors (Lipinski definition) is 4. The lowest BCUT2D eigenvalue weighted by Gasteiger charge is -2.36. The van der Waals surface area contributed by atoms with Crippen LogP contribution in [-0.4, -0.2) is 30.7 Å². The minimum atomic E-state index is -0.481. The number of aryl methyl sites for hydroxylation is 1. The number of carbonyl (C=O) groups excluding carboxylic acids is 1. The number of nitrogens with one attached hydrogen (secondary N) is 1. The van der Waals surface area contributed by atoms with Gasteiger partial charge in [0.25, 0.3) is 0 Å². The van der Waals surface area contributed by atoms with Crippen molar-refractivity contribution in [3.05, 3.63) is 52.3 Å². The van der Waals surface area contributed by atoms with Gasteiger partial charge in [-0.05, 0) is 49.8 Å². The summed E-state index contributed by atoms with van der Waals surface area (Å²) in [5.74, 6) is 0.808. The maximum atomic E-state index is 12.2. The maximum absolute atomic E-state index is 12.2. The molecule has 0 saturated carbocycles. The zero-order valence-electron chi connectivity index (χ0n) is 18.9. The van der Waals surface area contributed by atoms with Crippen LogP contribution in [0.2, 0.25) is 0 Å². The molecule has 1 aliphatic heterocycles. The number of aromatic nitrogens is 1. The standard InChI is InChI=1S/C25H34N2O4/c1-4-25(31-16-8-6-5-7-14-26-19(2)28)13-11-20-9-10-22(30-3)18-23(20)24-17-21(29)12-15-27(24)25/h9-10,12,15,17-18H,4-8,11,13-14,16H2,1-3H3,(H,26,28). The molecular weight excluding hydrogens is 392 g/mol. The lowest BCUT2D eigenvalue weighted by Crippen LogP contribution is -2.37. The summed E-state index contributed by atoms with van der Waals surface area (Å²) in [5.41, 5.74) is 2.64. The molecule has 0 radical (unpaired) electrons. The Labute approximate surface area is 184 Å². The van der Waals surface area contributed by atoms with Crippen molar-refractivity contribution in [1.82, 2.24) is 9.88 Å². The molecule has 1 N–H and O–H groups in total. The molecule has 3 rings (SSSR count). The molecule has 1 aromatic heterocycles. The van der Waals surface area contributed by atoms with E-state index in [9.17, 15) is 9.59 Å². The second-order valence-corrected chi connectivity index (χ2v) is 8.19. The Balaban J connectivity index is 1.75. The molecule has 31 heavy (non-hydrogen) atoms. The van der Waals surface area contributed by atoms with Crippen molar-refractivity contribution in [2.24, 2.45) is 0 Å². The fraction of sp³-hybridized carbons (Fsp3) is 0.520. The molecule has 1 aliphatic rings. The van der Waals surface area contributed by atoms with Crippen molar-refractivity contribution >= 4 is 5.91 Å². The molecule has 2 heterocycles. The van der Waals surface area contributed by atoms with Gasteiger partial charge in [0, 0.05) is 44.0 Å². The zero-order chi connectivity index (χ0) is 22.3. The smallest absolute Gasteiger partial charge is 0.216 e. The van der Waals surface area contributed by atoms with Gasteiger partial charge in [0.2, 0.25) is 5.91 Å². The van der Waals surface area contributed by atoms with Gasteiger partial charge in [0.15, 0.2) is 5.43 Å². The lowest BCUT2D eigenvalue weighted by atomic mass is 9.98. The molecule has 2 aromatic rings. The number of unbranched alkanes of at least 4 members (excludes halogenated alkanes) is 3. The Bertz CT molecular complexity index is 953. The molecular formula is C25H34N2O4. The van der Waals surface area contributed by atoms with E-state index in [1.54, 1.807) is 26.2 Å². The highest BCUT2D eigenvalue weighted by Gasteiger charge is 2.35. The van der Waals surface area contributed by atoms with Gasteiger partial charge in [-0.15, -0.1) is 0 Å². The number of pyridine rings is 1. The molecule has 0 spiro atoms. The molecule has 1 amide bonds. The summed E-state index contributed by atoms with van der Waals surface area (Å²) in [6.45, 7) is 5.09. The van der Waals surface area contributed by atoms with E-state index in [1.165, 1.54) is 5.56 Å². The average Bonchev–Trinajstić information content (AvgIpc) is 2.90. The van der Waals surface area contributed by atoms with Crippen LogP contribution in [0.5, 0.6) is 5.75 Å². The summed E-state index contributed by atoms with van der Waals surface area (Å²) in [4.78, 5) is 23.2. The first-order valence-corrected chi connectivity index (χ1v) is 11.3. The zero-order valence-corrected chi connectivity index (χ0v) is 18.9. The van der Waals surface area contributed by atoms with Crippen LogP contribution in [0.1, 0.15) is 57.9 Å². The number of ether oxygens (including phenoxy) is 2. The minimum Gasteiger partial charge on any atom is -0.497 e. The predicted molar refractivity (Wildman–Crippen MR) is 122 cm³/mol. The topological polar surface area (TPSA) is 69.6 Å². The molecule has 6 heteroatoms. The van der Waals surface area contributed by atoms with E-state index in [0.717, 1.165) is 68.5 Å². The molecule has 1 unspecified atom stereocenters. The summed E-state index contributed by atoms with van der Waals surface area (Å²) in [7, 11) is 1.66. The van der Waals surface area contributed by atoms with Crippen molar-refractivity contribution in [2.75, 3.05) is 20.3 Å². The van der Waals surface area contributed by atoms with Crippen LogP contribution < -0.4 is 15.5 Å². The maximum Gasteiger partial charge on any atom is 0.216 e. The third kappa shape index (κ3) is 5.56. The number of hydrogen-bond donors (Lipinski definition) is 1. The van der Waals surface area contributed by atoms with Gasteiger partial charge in [-0.1, -0.05) is 25.8 Å². The molecule has 6 nitrogen and oxygen atoms in total. The SMILES string of the molecule is CCC1(OCCCCCCNC(C)=O)CCc2ccc(OC)cc2-c2cc(=O)ccn21. The highest BCUT2D eigenvalue weighted by molar-refractivity contribution is 5.72. The van der Waals surface area contributed by atoms with Crippen molar-refractivity contribution < 1.29 is 14.3 Å². The summed E-state index contributed by atoms with van der Waals surface area (Å²) in [5, 5.41) is 2.83. The van der Waals surface area contributed by atoms with Crippen LogP contribution in [0, 0.1) is 0 Å². The van der Waals surface area contributed by atoms with Crippen LogP contribution in [0.25, 0.3) is 11.3 Å². The van der Waals surface area contributed by atoms with Gasteiger partial charge in [0.05, 0.1) is 12.8 Å². The van der Waals surface area contributed by atoms with Crippen molar-refractivity contribution in [3.8, 4) is 17.0 Å². The number of rotatable bonds is 10. The summed E-state index contributed by atoms with van der Waals surface area (Å²) < 4.78 is 14.1. The van der Waals surface area contributed by atoms with Gasteiger partial charge in [0.1, 0.15) is 11.5 Å². The Morgan fingerprint density at radius 2 is 1.97 bits per heavy atom. The monoisotopic (exact) mass is 426 g/mol. The van der Waals surface area contributed by atoms with Gasteiger partial charge >= 0.3 is 0 Å². The lowest BCUT2D eigenvalue weighted by molar-refractivity contribution is -0.119. The minimum absolute atomic E-state index is 0.00825. The van der Waals surface area contributed by atoms with E-state index in [0.29, 0.717) is 6.61 Å². The third-order valence-corrected chi connectivity index (χ3v) is 6.11. The average molecular weight is 427 g/mol. The van der Waals surface area contributed by atoms with E-state index >= 15 is 0 Å². The molecule has 0 bridgehead atoms. The van der Waals surface area contributed by atoms with Crippen LogP contribution in [0.3, 0.4) is 0 Å². The van der Waals surface area contributed by atoms with E-state index < -0.39 is 5.72 Å². The fourth-order valence-electron chi connectivity index (χ4n) is 4.33. The Hall–Kier alpha value is -2.60. The Morgan fingerprint density at radius 3 is 2.71 bits per heavy atom. The highest BCUT2D eigenvalue weighted by atomic mass is 16.5. The molecule has 1 aromatic carbocycles. The van der Waals surface area contributed by atoms with Crippen molar-refractivity contribution in [1.29, 1.82) is 0 Å². The molecule has 168 valence electrons. The second kappa shape index (κ2) is 10.6. The Morgan fingerprint density at radius 1 is 1.16 bits per heavy atom. The van der Waals surface area contributed by atoms with Crippen molar-refractivity contribution in [3.63, 3.8) is 0 Å². The normalized spacial score (nSPS) is 17.4. The van der Waals surface area contributed by atoms with Crippen LogP contribution in [-0.2, 0) is 21.7 Å². The van der Waals surface area contributed by atoms with Crippen molar-refractivity contribution in [2.45, 2.75) is 64.5 Å². The predicted octanol–water partition coefficient (Wildman–Crippen LogP) is 4.25. The highest BCUT2D eigenvalue weighted by Crippen LogP contribution is 2.40. The largest absolute Gasteiger partial charge is 0.497 e. The number of nitrogens with zero attached hydrogens (tertiary/aromatic N) is 1. The molecule has 0 fully saturated rings. The molecule has 0 saturated heterocycles. The molecule has 0 aliphatic carbocycles. The number of amides is 1. The molecule has 1 atom stereocenters. The quantitative estimate of drug-likeness (QED) is 0.577. The van der Waals surface area contributed by atoms with E-state index in [1.807, 2.05) is 18.3 Å². The van der Waals surface area contributed by atoms with Crippen LogP contribution in [0.15, 0.2) is 41.3 Å². The van der Waals surface area contributed by atoms with E-state index in [4.69, 9.17) is 9.47 Å². The first kappa shape index (κ1) is 23.1. The van der Waals surface area contributed by atoms with E-state index in [-0.39, 0.29) is 11.3 Å². The van der Waals surface area contributed by atoms with Gasteiger partial charge in [-0.25, -0.2) is 0 Å². The third-order valence-electron chi connectivity index (χ3n) is 6.11. The summed E-state index contributed by atoms with van der Waals surface area (Å²) >= 11 is 0. The first-order valence-electron chi connectivity index (χ1n) is 11.3. The summed E-state index contributed by atoms with van der Waals surface area (Å²) in [6, 6.07) is 9.41. The van der Waals surface area contributed by atoms with Gasteiger partial charge < -0.3 is 19.4 Å². The number of carbonyl (C=O) groups is 1. The first-order chi connectivity index (χ1) is 15.0. The van der Waals surface area contributed by atoms with Gasteiger partial charge in [-0.3, -0.25) is 9.59 Å². The van der Waals surface area contributed by atoms with Crippen LogP contribution >= 0.6 is 0 Å². The number of fused-ring (bicyclic) bond motifs is 3. The Kier molecular flexibility index (Phi) is 7.91. The fourth-order valence-corrected chi connectivity index (χ4v) is 4.33. The van der Waals surface area contributed by atoms with Crippen LogP contribution in [0.4, 0.5) is 0 Å². The number of benzene rings is 1. The van der Waals surface area contributed by atoms with E-state index in [2.05, 4.69) is 22.9 Å². The number of methoxy groups -OCH3 is 1. The second-order valence-electron chi connectivity index (χ2n) is 8.19. The van der Waals surface area contributed by atoms with Gasteiger partial charge in [-0.2, -0.15) is 0 Å².